The van der Waals surface area contributed by atoms with Gasteiger partial charge in [-0.25, -0.2) is 22.6 Å². The normalized spacial score (nSPS) is 16.8. The molecule has 3 aromatic rings. The molecule has 32 heavy (non-hydrogen) atoms. The molecular weight excluding hydrogens is 500 g/mol. The average molecular weight is 516 g/mol. The second-order valence-electron chi connectivity index (χ2n) is 6.97. The number of carboxylic acids is 1. The largest absolute Gasteiger partial charge is 0.478 e. The molecule has 1 fully saturated rings. The van der Waals surface area contributed by atoms with Crippen molar-refractivity contribution in [2.24, 2.45) is 0 Å². The van der Waals surface area contributed by atoms with Gasteiger partial charge in [0.1, 0.15) is 11.2 Å². The van der Waals surface area contributed by atoms with Gasteiger partial charge in [-0.2, -0.15) is 11.8 Å². The Labute approximate surface area is 197 Å². The number of aromatic carboxylic acids is 1. The summed E-state index contributed by atoms with van der Waals surface area (Å²) in [4.78, 5) is 15.9. The predicted octanol–water partition coefficient (Wildman–Crippen LogP) is 4.56. The van der Waals surface area contributed by atoms with Crippen molar-refractivity contribution >= 4 is 73.0 Å². The Morgan fingerprint density at radius 1 is 1.22 bits per heavy atom. The molecule has 1 aromatic heterocycles. The van der Waals surface area contributed by atoms with Crippen LogP contribution in [0, 0.1) is 5.82 Å². The maximum absolute atomic E-state index is 14.2. The van der Waals surface area contributed by atoms with Crippen molar-refractivity contribution in [3.63, 3.8) is 0 Å². The van der Waals surface area contributed by atoms with E-state index in [2.05, 4.69) is 15.6 Å². The number of benzene rings is 2. The van der Waals surface area contributed by atoms with Gasteiger partial charge in [0.25, 0.3) is 0 Å². The Balaban J connectivity index is 1.89. The van der Waals surface area contributed by atoms with Crippen LogP contribution in [0.1, 0.15) is 10.4 Å². The number of rotatable bonds is 5. The zero-order valence-corrected chi connectivity index (χ0v) is 19.4. The van der Waals surface area contributed by atoms with Gasteiger partial charge in [0.05, 0.1) is 27.5 Å². The number of nitrogens with one attached hydrogen (secondary N) is 2. The Bertz CT molecular complexity index is 1330. The van der Waals surface area contributed by atoms with E-state index < -0.39 is 27.0 Å². The molecule has 3 N–H and O–H groups in total. The fraction of sp³-hybridized carbons (Fsp3) is 0.200. The number of aromatic nitrogens is 1. The third kappa shape index (κ3) is 4.51. The van der Waals surface area contributed by atoms with Crippen LogP contribution in [0.15, 0.2) is 41.4 Å². The molecule has 1 saturated heterocycles. The van der Waals surface area contributed by atoms with Gasteiger partial charge < -0.3 is 10.4 Å². The van der Waals surface area contributed by atoms with Gasteiger partial charge >= 0.3 is 5.97 Å². The summed E-state index contributed by atoms with van der Waals surface area (Å²) in [6.07, 6.45) is 0. The monoisotopic (exact) mass is 515 g/mol. The van der Waals surface area contributed by atoms with Crippen molar-refractivity contribution in [3.8, 4) is 0 Å². The van der Waals surface area contributed by atoms with E-state index >= 15 is 0 Å². The Kier molecular flexibility index (Phi) is 6.51. The second kappa shape index (κ2) is 9.03. The number of thioether (sulfide) groups is 1. The molecule has 0 aliphatic carbocycles. The van der Waals surface area contributed by atoms with Crippen LogP contribution in [0.4, 0.5) is 15.8 Å². The number of halogens is 3. The molecule has 0 spiro atoms. The molecule has 7 nitrogen and oxygen atoms in total. The van der Waals surface area contributed by atoms with E-state index in [0.717, 1.165) is 11.8 Å². The lowest BCUT2D eigenvalue weighted by molar-refractivity contribution is 0.0698. The quantitative estimate of drug-likeness (QED) is 0.453. The summed E-state index contributed by atoms with van der Waals surface area (Å²) in [6.45, 7) is 0.532. The lowest BCUT2D eigenvalue weighted by atomic mass is 10.1. The van der Waals surface area contributed by atoms with Gasteiger partial charge in [0.15, 0.2) is 5.03 Å². The number of anilines is 2. The second-order valence-corrected chi connectivity index (χ2v) is 11.0. The third-order valence-corrected chi connectivity index (χ3v) is 8.53. The summed E-state index contributed by atoms with van der Waals surface area (Å²) in [6, 6.07) is 7.87. The molecule has 1 unspecified atom stereocenters. The molecule has 2 aromatic carbocycles. The Hall–Kier alpha value is -2.11. The summed E-state index contributed by atoms with van der Waals surface area (Å²) >= 11 is 13.4. The van der Waals surface area contributed by atoms with Gasteiger partial charge in [-0.3, -0.25) is 5.32 Å². The number of pyridine rings is 1. The molecule has 2 heterocycles. The zero-order chi connectivity index (χ0) is 23.0. The first-order valence-corrected chi connectivity index (χ1v) is 12.8. The predicted molar refractivity (Wildman–Crippen MR) is 125 cm³/mol. The van der Waals surface area contributed by atoms with Crippen LogP contribution in [0.3, 0.4) is 0 Å². The molecule has 0 amide bonds. The summed E-state index contributed by atoms with van der Waals surface area (Å²) in [5.41, 5.74) is 0.323. The molecule has 0 saturated carbocycles. The SMILES string of the molecule is O=C(O)c1cc(Cl)ccc1Nc1cc(S(=O)(=O)C2CSCCN2)nc2cc(F)c(Cl)cc12. The lowest BCUT2D eigenvalue weighted by Crippen LogP contribution is -2.43. The molecule has 0 bridgehead atoms. The fourth-order valence-electron chi connectivity index (χ4n) is 3.28. The van der Waals surface area contributed by atoms with Crippen molar-refractivity contribution in [1.82, 2.24) is 10.3 Å². The summed E-state index contributed by atoms with van der Waals surface area (Å²) in [5.74, 6) is -0.840. The number of fused-ring (bicyclic) bond motifs is 1. The minimum Gasteiger partial charge on any atom is -0.478 e. The number of hydrogen-bond acceptors (Lipinski definition) is 7. The minimum absolute atomic E-state index is 0.0600. The van der Waals surface area contributed by atoms with E-state index in [9.17, 15) is 22.7 Å². The van der Waals surface area contributed by atoms with E-state index in [1.54, 1.807) is 0 Å². The number of sulfone groups is 1. The third-order valence-electron chi connectivity index (χ3n) is 4.86. The highest BCUT2D eigenvalue weighted by atomic mass is 35.5. The summed E-state index contributed by atoms with van der Waals surface area (Å²) in [5, 5.41) is 14.7. The molecule has 168 valence electrons. The van der Waals surface area contributed by atoms with E-state index in [0.29, 0.717) is 17.7 Å². The summed E-state index contributed by atoms with van der Waals surface area (Å²) in [7, 11) is -3.90. The molecule has 4 rings (SSSR count). The van der Waals surface area contributed by atoms with E-state index in [1.807, 2.05) is 0 Å². The van der Waals surface area contributed by atoms with Gasteiger partial charge in [-0.1, -0.05) is 23.2 Å². The van der Waals surface area contributed by atoms with Gasteiger partial charge in [-0.15, -0.1) is 0 Å². The first-order valence-electron chi connectivity index (χ1n) is 9.31. The fourth-order valence-corrected chi connectivity index (χ4v) is 6.52. The topological polar surface area (TPSA) is 108 Å². The minimum atomic E-state index is -3.90. The van der Waals surface area contributed by atoms with Crippen LogP contribution in [0.25, 0.3) is 10.9 Å². The average Bonchev–Trinajstić information content (AvgIpc) is 2.76. The highest BCUT2D eigenvalue weighted by Gasteiger charge is 2.31. The number of carboxylic acid groups (broad SMARTS) is 1. The Morgan fingerprint density at radius 2 is 2.00 bits per heavy atom. The van der Waals surface area contributed by atoms with Crippen molar-refractivity contribution in [3.05, 3.63) is 57.8 Å². The van der Waals surface area contributed by atoms with Crippen molar-refractivity contribution in [2.75, 3.05) is 23.4 Å². The van der Waals surface area contributed by atoms with Gasteiger partial charge in [0.2, 0.25) is 9.84 Å². The Morgan fingerprint density at radius 3 is 2.69 bits per heavy atom. The van der Waals surface area contributed by atoms with Crippen LogP contribution >= 0.6 is 35.0 Å². The van der Waals surface area contributed by atoms with E-state index in [-0.39, 0.29) is 37.5 Å². The van der Waals surface area contributed by atoms with Gasteiger partial charge in [-0.05, 0) is 30.3 Å². The van der Waals surface area contributed by atoms with Crippen molar-refractivity contribution in [2.45, 2.75) is 10.4 Å². The molecule has 0 radical (unpaired) electrons. The van der Waals surface area contributed by atoms with Crippen LogP contribution < -0.4 is 10.6 Å². The number of nitrogens with zero attached hydrogens (tertiary/aromatic N) is 1. The molecular formula is C20H16Cl2FN3O4S2. The van der Waals surface area contributed by atoms with Crippen LogP contribution in [0.2, 0.25) is 10.0 Å². The van der Waals surface area contributed by atoms with Crippen LogP contribution in [-0.4, -0.2) is 47.9 Å². The standard InChI is InChI=1S/C20H16Cl2FN3O4S2/c21-10-1-2-15(12(5-10)20(27)28)25-17-8-18(32(29,30)19-9-31-4-3-24-19)26-16-7-14(23)13(22)6-11(16)17/h1-2,5-8,19,24H,3-4,9H2,(H,25,26)(H,27,28). The molecule has 1 aliphatic heterocycles. The highest BCUT2D eigenvalue weighted by molar-refractivity contribution is 8.01. The maximum Gasteiger partial charge on any atom is 0.337 e. The molecule has 12 heteroatoms. The first-order chi connectivity index (χ1) is 15.2. The van der Waals surface area contributed by atoms with Crippen molar-refractivity contribution < 1.29 is 22.7 Å². The number of carbonyl (C=O) groups is 1. The molecule has 1 aliphatic rings. The van der Waals surface area contributed by atoms with Gasteiger partial charge in [0, 0.05) is 34.5 Å². The maximum atomic E-state index is 14.2. The summed E-state index contributed by atoms with van der Waals surface area (Å²) < 4.78 is 40.6. The van der Waals surface area contributed by atoms with E-state index in [1.165, 1.54) is 42.1 Å². The number of hydrogen-bond donors (Lipinski definition) is 3. The van der Waals surface area contributed by atoms with E-state index in [4.69, 9.17) is 23.2 Å². The van der Waals surface area contributed by atoms with Crippen molar-refractivity contribution in [1.29, 1.82) is 0 Å². The zero-order valence-electron chi connectivity index (χ0n) is 16.2. The molecule has 1 atom stereocenters. The highest BCUT2D eigenvalue weighted by Crippen LogP contribution is 2.34. The smallest absolute Gasteiger partial charge is 0.337 e. The van der Waals surface area contributed by atoms with Crippen LogP contribution in [0.5, 0.6) is 0 Å². The first kappa shape index (κ1) is 23.1. The van der Waals surface area contributed by atoms with Crippen LogP contribution in [-0.2, 0) is 9.84 Å². The lowest BCUT2D eigenvalue weighted by Gasteiger charge is -2.23.